The number of nitrogens with one attached hydrogen (secondary N) is 1. The molecule has 0 aliphatic rings. The van der Waals surface area contributed by atoms with Crippen LogP contribution in [0.2, 0.25) is 0 Å². The molecule has 5 heteroatoms. The van der Waals surface area contributed by atoms with E-state index in [9.17, 15) is 4.79 Å². The highest BCUT2D eigenvalue weighted by molar-refractivity contribution is 5.91. The van der Waals surface area contributed by atoms with E-state index in [1.807, 2.05) is 12.2 Å². The molecule has 1 aromatic rings. The van der Waals surface area contributed by atoms with E-state index in [0.717, 1.165) is 0 Å². The van der Waals surface area contributed by atoms with Gasteiger partial charge in [-0.1, -0.05) is 18.2 Å². The summed E-state index contributed by atoms with van der Waals surface area (Å²) < 4.78 is 0. The molecule has 0 aromatic carbocycles. The Hall–Kier alpha value is -1.88. The van der Waals surface area contributed by atoms with Crippen LogP contribution < -0.4 is 16.8 Å². The molecule has 80 valence electrons. The van der Waals surface area contributed by atoms with E-state index in [2.05, 4.69) is 10.3 Å². The van der Waals surface area contributed by atoms with E-state index in [0.29, 0.717) is 18.9 Å². The van der Waals surface area contributed by atoms with Gasteiger partial charge >= 0.3 is 0 Å². The molecule has 1 amide bonds. The van der Waals surface area contributed by atoms with Crippen LogP contribution in [0.5, 0.6) is 0 Å². The van der Waals surface area contributed by atoms with Crippen LogP contribution in [0.15, 0.2) is 30.4 Å². The molecule has 1 heterocycles. The van der Waals surface area contributed by atoms with Gasteiger partial charge in [0.2, 0.25) is 0 Å². The third-order valence-electron chi connectivity index (χ3n) is 1.71. The van der Waals surface area contributed by atoms with Gasteiger partial charge in [0, 0.05) is 13.1 Å². The van der Waals surface area contributed by atoms with E-state index in [1.54, 1.807) is 18.2 Å². The Balaban J connectivity index is 2.58. The van der Waals surface area contributed by atoms with Gasteiger partial charge in [0.25, 0.3) is 5.91 Å². The van der Waals surface area contributed by atoms with Gasteiger partial charge in [-0.3, -0.25) is 4.79 Å². The van der Waals surface area contributed by atoms with Gasteiger partial charge < -0.3 is 16.8 Å². The van der Waals surface area contributed by atoms with Gasteiger partial charge in [-0.15, -0.1) is 0 Å². The molecule has 0 radical (unpaired) electrons. The average molecular weight is 206 g/mol. The Morgan fingerprint density at radius 2 is 2.27 bits per heavy atom. The molecular weight excluding hydrogens is 192 g/mol. The maximum absolute atomic E-state index is 10.8. The predicted molar refractivity (Wildman–Crippen MR) is 59.4 cm³/mol. The molecule has 0 atom stereocenters. The zero-order chi connectivity index (χ0) is 11.1. The predicted octanol–water partition coefficient (Wildman–Crippen LogP) is 0.107. The Kier molecular flexibility index (Phi) is 4.30. The lowest BCUT2D eigenvalue weighted by Crippen LogP contribution is -2.14. The molecule has 5 nitrogen and oxygen atoms in total. The highest BCUT2D eigenvalue weighted by atomic mass is 16.1. The summed E-state index contributed by atoms with van der Waals surface area (Å²) in [4.78, 5) is 14.8. The SMILES string of the molecule is NC/C=C/CNc1cccc(C(N)=O)n1. The molecule has 15 heavy (non-hydrogen) atoms. The van der Waals surface area contributed by atoms with Crippen molar-refractivity contribution >= 4 is 11.7 Å². The van der Waals surface area contributed by atoms with Gasteiger partial charge in [-0.25, -0.2) is 4.98 Å². The fourth-order valence-electron chi connectivity index (χ4n) is 1.01. The number of carbonyl (C=O) groups is 1. The number of anilines is 1. The molecule has 5 N–H and O–H groups in total. The number of pyridine rings is 1. The molecule has 0 saturated heterocycles. The second-order valence-corrected chi connectivity index (χ2v) is 2.86. The van der Waals surface area contributed by atoms with Gasteiger partial charge in [-0.05, 0) is 12.1 Å². The molecule has 0 saturated carbocycles. The molecule has 0 bridgehead atoms. The van der Waals surface area contributed by atoms with Crippen LogP contribution in [-0.2, 0) is 0 Å². The highest BCUT2D eigenvalue weighted by Gasteiger charge is 2.01. The minimum atomic E-state index is -0.531. The van der Waals surface area contributed by atoms with Crippen molar-refractivity contribution in [2.75, 3.05) is 18.4 Å². The van der Waals surface area contributed by atoms with Gasteiger partial charge in [-0.2, -0.15) is 0 Å². The number of nitrogens with zero attached hydrogens (tertiary/aromatic N) is 1. The number of hydrogen-bond acceptors (Lipinski definition) is 4. The van der Waals surface area contributed by atoms with Crippen molar-refractivity contribution in [3.63, 3.8) is 0 Å². The Morgan fingerprint density at radius 3 is 2.93 bits per heavy atom. The number of primary amides is 1. The van der Waals surface area contributed by atoms with E-state index in [4.69, 9.17) is 11.5 Å². The standard InChI is InChI=1S/C10H14N4O/c11-6-1-2-7-13-9-5-3-4-8(14-9)10(12)15/h1-5H,6-7,11H2,(H2,12,15)(H,13,14)/b2-1+. The van der Waals surface area contributed by atoms with Crippen LogP contribution in [-0.4, -0.2) is 24.0 Å². The maximum Gasteiger partial charge on any atom is 0.267 e. The van der Waals surface area contributed by atoms with Crippen molar-refractivity contribution in [3.8, 4) is 0 Å². The number of rotatable bonds is 5. The smallest absolute Gasteiger partial charge is 0.267 e. The van der Waals surface area contributed by atoms with Crippen molar-refractivity contribution in [1.29, 1.82) is 0 Å². The molecular formula is C10H14N4O. The fraction of sp³-hybridized carbons (Fsp3) is 0.200. The van der Waals surface area contributed by atoms with E-state index >= 15 is 0 Å². The number of amides is 1. The summed E-state index contributed by atoms with van der Waals surface area (Å²) in [5.74, 6) is 0.0871. The van der Waals surface area contributed by atoms with Crippen LogP contribution in [0, 0.1) is 0 Å². The van der Waals surface area contributed by atoms with Crippen molar-refractivity contribution in [2.24, 2.45) is 11.5 Å². The van der Waals surface area contributed by atoms with Gasteiger partial charge in [0.05, 0.1) is 0 Å². The Labute approximate surface area is 88.2 Å². The first kappa shape index (κ1) is 11.2. The first-order valence-corrected chi connectivity index (χ1v) is 4.60. The maximum atomic E-state index is 10.8. The van der Waals surface area contributed by atoms with E-state index in [-0.39, 0.29) is 5.69 Å². The molecule has 0 spiro atoms. The lowest BCUT2D eigenvalue weighted by molar-refractivity contribution is 0.0995. The number of hydrogen-bond donors (Lipinski definition) is 3. The summed E-state index contributed by atoms with van der Waals surface area (Å²) in [6, 6.07) is 5.06. The van der Waals surface area contributed by atoms with Crippen LogP contribution >= 0.6 is 0 Å². The topological polar surface area (TPSA) is 94.0 Å². The molecule has 0 aliphatic heterocycles. The van der Waals surface area contributed by atoms with Gasteiger partial charge in [0.15, 0.2) is 0 Å². The first-order chi connectivity index (χ1) is 7.24. The summed E-state index contributed by atoms with van der Waals surface area (Å²) in [6.45, 7) is 1.13. The van der Waals surface area contributed by atoms with Crippen molar-refractivity contribution in [1.82, 2.24) is 4.98 Å². The summed E-state index contributed by atoms with van der Waals surface area (Å²) in [7, 11) is 0. The number of aromatic nitrogens is 1. The zero-order valence-electron chi connectivity index (χ0n) is 8.31. The summed E-state index contributed by atoms with van der Waals surface area (Å²) >= 11 is 0. The van der Waals surface area contributed by atoms with Gasteiger partial charge in [0.1, 0.15) is 11.5 Å². The summed E-state index contributed by atoms with van der Waals surface area (Å²) in [6.07, 6.45) is 3.73. The molecule has 1 aromatic heterocycles. The molecule has 1 rings (SSSR count). The van der Waals surface area contributed by atoms with Crippen molar-refractivity contribution < 1.29 is 4.79 Å². The van der Waals surface area contributed by atoms with Crippen LogP contribution in [0.1, 0.15) is 10.5 Å². The monoisotopic (exact) mass is 206 g/mol. The van der Waals surface area contributed by atoms with Crippen LogP contribution in [0.3, 0.4) is 0 Å². The second kappa shape index (κ2) is 5.77. The first-order valence-electron chi connectivity index (χ1n) is 4.60. The minimum absolute atomic E-state index is 0.253. The minimum Gasteiger partial charge on any atom is -0.367 e. The average Bonchev–Trinajstić information content (AvgIpc) is 2.25. The third kappa shape index (κ3) is 3.78. The highest BCUT2D eigenvalue weighted by Crippen LogP contribution is 2.03. The summed E-state index contributed by atoms with van der Waals surface area (Å²) in [5.41, 5.74) is 10.6. The number of nitrogens with two attached hydrogens (primary N) is 2. The molecule has 0 unspecified atom stereocenters. The molecule has 0 fully saturated rings. The Morgan fingerprint density at radius 1 is 1.47 bits per heavy atom. The van der Waals surface area contributed by atoms with Crippen molar-refractivity contribution in [3.05, 3.63) is 36.0 Å². The van der Waals surface area contributed by atoms with E-state index in [1.165, 1.54) is 0 Å². The second-order valence-electron chi connectivity index (χ2n) is 2.86. The quantitative estimate of drug-likeness (QED) is 0.596. The van der Waals surface area contributed by atoms with Crippen LogP contribution in [0.25, 0.3) is 0 Å². The molecule has 0 aliphatic carbocycles. The fourth-order valence-corrected chi connectivity index (χ4v) is 1.01. The number of carbonyl (C=O) groups excluding carboxylic acids is 1. The third-order valence-corrected chi connectivity index (χ3v) is 1.71. The van der Waals surface area contributed by atoms with Crippen LogP contribution in [0.4, 0.5) is 5.82 Å². The largest absolute Gasteiger partial charge is 0.367 e. The van der Waals surface area contributed by atoms with Crippen molar-refractivity contribution in [2.45, 2.75) is 0 Å². The lowest BCUT2D eigenvalue weighted by atomic mass is 10.3. The van der Waals surface area contributed by atoms with E-state index < -0.39 is 5.91 Å². The lowest BCUT2D eigenvalue weighted by Gasteiger charge is -2.02. The zero-order valence-corrected chi connectivity index (χ0v) is 8.31. The Bertz CT molecular complexity index is 362. The normalized spacial score (nSPS) is 10.5. The summed E-state index contributed by atoms with van der Waals surface area (Å²) in [5, 5.41) is 3.01.